The lowest BCUT2D eigenvalue weighted by molar-refractivity contribution is 0.0526. The number of carbonyl (C=O) groups excluding carboxylic acids is 1. The lowest BCUT2D eigenvalue weighted by atomic mass is 10.2. The van der Waals surface area contributed by atoms with E-state index in [1.165, 1.54) is 6.20 Å². The fourth-order valence-electron chi connectivity index (χ4n) is 2.51. The number of rotatable bonds is 7. The number of aryl methyl sites for hydroxylation is 1. The van der Waals surface area contributed by atoms with Crippen LogP contribution in [-0.4, -0.2) is 34.9 Å². The highest BCUT2D eigenvalue weighted by Gasteiger charge is 2.08. The highest BCUT2D eigenvalue weighted by molar-refractivity contribution is 5.89. The predicted octanol–water partition coefficient (Wildman–Crippen LogP) is 3.85. The Morgan fingerprint density at radius 3 is 2.61 bits per heavy atom. The van der Waals surface area contributed by atoms with Crippen molar-refractivity contribution in [3.63, 3.8) is 0 Å². The zero-order chi connectivity index (χ0) is 19.9. The summed E-state index contributed by atoms with van der Waals surface area (Å²) in [7, 11) is 1.61. The number of methoxy groups -OCH3 is 1. The fraction of sp³-hybridized carbons (Fsp3) is 0.200. The van der Waals surface area contributed by atoms with Crippen molar-refractivity contribution in [3.05, 3.63) is 59.8 Å². The standard InChI is InChI=1S/C20H21N5O3/c1-4-28-19(26)14-6-8-15(9-7-14)22-20-24-18(12-21-25-20)23-16-11-13(2)5-10-17(16)27-3/h5-12H,4H2,1-3H3,(H2,22,23,24,25). The highest BCUT2D eigenvalue weighted by Crippen LogP contribution is 2.28. The number of hydrogen-bond donors (Lipinski definition) is 2. The van der Waals surface area contributed by atoms with Crippen LogP contribution in [-0.2, 0) is 4.74 Å². The third kappa shape index (κ3) is 4.73. The summed E-state index contributed by atoms with van der Waals surface area (Å²) in [5.74, 6) is 1.18. The van der Waals surface area contributed by atoms with Crippen molar-refractivity contribution in [1.82, 2.24) is 15.2 Å². The van der Waals surface area contributed by atoms with E-state index in [0.29, 0.717) is 29.7 Å². The van der Waals surface area contributed by atoms with E-state index in [1.54, 1.807) is 38.3 Å². The van der Waals surface area contributed by atoms with Crippen molar-refractivity contribution < 1.29 is 14.3 Å². The zero-order valence-corrected chi connectivity index (χ0v) is 15.9. The average molecular weight is 379 g/mol. The molecule has 0 aliphatic heterocycles. The van der Waals surface area contributed by atoms with Crippen molar-refractivity contribution in [2.24, 2.45) is 0 Å². The normalized spacial score (nSPS) is 10.2. The Balaban J connectivity index is 1.73. The van der Waals surface area contributed by atoms with Gasteiger partial charge in [-0.3, -0.25) is 0 Å². The van der Waals surface area contributed by atoms with Gasteiger partial charge in [-0.05, 0) is 55.8 Å². The molecule has 8 nitrogen and oxygen atoms in total. The van der Waals surface area contributed by atoms with E-state index in [4.69, 9.17) is 9.47 Å². The largest absolute Gasteiger partial charge is 0.495 e. The first kappa shape index (κ1) is 19.1. The zero-order valence-electron chi connectivity index (χ0n) is 15.9. The quantitative estimate of drug-likeness (QED) is 0.597. The maximum Gasteiger partial charge on any atom is 0.338 e. The average Bonchev–Trinajstić information content (AvgIpc) is 2.69. The van der Waals surface area contributed by atoms with E-state index in [1.807, 2.05) is 25.1 Å². The first-order chi connectivity index (χ1) is 13.6. The van der Waals surface area contributed by atoms with E-state index in [-0.39, 0.29) is 5.97 Å². The molecule has 3 rings (SSSR count). The van der Waals surface area contributed by atoms with E-state index in [2.05, 4.69) is 25.8 Å². The summed E-state index contributed by atoms with van der Waals surface area (Å²) in [6, 6.07) is 12.7. The molecule has 0 radical (unpaired) electrons. The maximum absolute atomic E-state index is 11.7. The van der Waals surface area contributed by atoms with Crippen LogP contribution in [0.3, 0.4) is 0 Å². The number of benzene rings is 2. The fourth-order valence-corrected chi connectivity index (χ4v) is 2.51. The van der Waals surface area contributed by atoms with Crippen LogP contribution in [0.5, 0.6) is 5.75 Å². The number of carbonyl (C=O) groups is 1. The van der Waals surface area contributed by atoms with Crippen molar-refractivity contribution in [2.45, 2.75) is 13.8 Å². The third-order valence-corrected chi connectivity index (χ3v) is 3.83. The Morgan fingerprint density at radius 2 is 1.89 bits per heavy atom. The van der Waals surface area contributed by atoms with Crippen LogP contribution in [0.1, 0.15) is 22.8 Å². The molecule has 0 unspecified atom stereocenters. The molecular formula is C20H21N5O3. The monoisotopic (exact) mass is 379 g/mol. The van der Waals surface area contributed by atoms with Crippen LogP contribution in [0.25, 0.3) is 0 Å². The number of nitrogens with one attached hydrogen (secondary N) is 2. The Hall–Kier alpha value is -3.68. The molecule has 28 heavy (non-hydrogen) atoms. The molecule has 0 fully saturated rings. The Bertz CT molecular complexity index is 960. The van der Waals surface area contributed by atoms with Gasteiger partial charge in [-0.15, -0.1) is 5.10 Å². The van der Waals surface area contributed by atoms with Gasteiger partial charge in [-0.2, -0.15) is 10.1 Å². The summed E-state index contributed by atoms with van der Waals surface area (Å²) in [6.45, 7) is 4.10. The van der Waals surface area contributed by atoms with Gasteiger partial charge in [0.05, 0.1) is 31.2 Å². The number of aromatic nitrogens is 3. The molecule has 0 saturated carbocycles. The molecule has 3 aromatic rings. The van der Waals surface area contributed by atoms with Gasteiger partial charge in [-0.1, -0.05) is 6.07 Å². The minimum atomic E-state index is -0.356. The molecule has 1 heterocycles. The van der Waals surface area contributed by atoms with E-state index in [9.17, 15) is 4.79 Å². The van der Waals surface area contributed by atoms with Gasteiger partial charge >= 0.3 is 5.97 Å². The molecule has 2 aromatic carbocycles. The van der Waals surface area contributed by atoms with E-state index in [0.717, 1.165) is 16.9 Å². The predicted molar refractivity (Wildman–Crippen MR) is 107 cm³/mol. The SMILES string of the molecule is CCOC(=O)c1ccc(Nc2nncc(Nc3cc(C)ccc3OC)n2)cc1. The summed E-state index contributed by atoms with van der Waals surface area (Å²) >= 11 is 0. The Morgan fingerprint density at radius 1 is 1.11 bits per heavy atom. The van der Waals surface area contributed by atoms with E-state index < -0.39 is 0 Å². The van der Waals surface area contributed by atoms with Gasteiger partial charge in [0, 0.05) is 5.69 Å². The lowest BCUT2D eigenvalue weighted by Gasteiger charge is -2.12. The highest BCUT2D eigenvalue weighted by atomic mass is 16.5. The number of hydrogen-bond acceptors (Lipinski definition) is 8. The smallest absolute Gasteiger partial charge is 0.338 e. The van der Waals surface area contributed by atoms with Gasteiger partial charge in [0.15, 0.2) is 5.82 Å². The summed E-state index contributed by atoms with van der Waals surface area (Å²) in [5.41, 5.74) is 3.08. The Kier molecular flexibility index (Phi) is 6.01. The van der Waals surface area contributed by atoms with Crippen molar-refractivity contribution in [1.29, 1.82) is 0 Å². The molecule has 0 atom stereocenters. The summed E-state index contributed by atoms with van der Waals surface area (Å²) in [4.78, 5) is 16.1. The minimum absolute atomic E-state index is 0.320. The van der Waals surface area contributed by atoms with Gasteiger partial charge in [0.1, 0.15) is 5.75 Å². The minimum Gasteiger partial charge on any atom is -0.495 e. The van der Waals surface area contributed by atoms with Crippen molar-refractivity contribution >= 4 is 29.1 Å². The molecule has 1 aromatic heterocycles. The molecule has 0 bridgehead atoms. The molecule has 0 aliphatic rings. The maximum atomic E-state index is 11.7. The second-order valence-electron chi connectivity index (χ2n) is 5.92. The lowest BCUT2D eigenvalue weighted by Crippen LogP contribution is -2.05. The molecule has 8 heteroatoms. The van der Waals surface area contributed by atoms with E-state index >= 15 is 0 Å². The van der Waals surface area contributed by atoms with Gasteiger partial charge in [0.2, 0.25) is 5.95 Å². The van der Waals surface area contributed by atoms with Crippen LogP contribution in [0.2, 0.25) is 0 Å². The van der Waals surface area contributed by atoms with Crippen LogP contribution >= 0.6 is 0 Å². The van der Waals surface area contributed by atoms with Gasteiger partial charge < -0.3 is 20.1 Å². The van der Waals surface area contributed by atoms with Gasteiger partial charge in [-0.25, -0.2) is 4.79 Å². The second-order valence-corrected chi connectivity index (χ2v) is 5.92. The number of ether oxygens (including phenoxy) is 2. The number of esters is 1. The number of nitrogens with zero attached hydrogens (tertiary/aromatic N) is 3. The molecule has 0 amide bonds. The van der Waals surface area contributed by atoms with Crippen molar-refractivity contribution in [2.75, 3.05) is 24.4 Å². The Labute approximate surface area is 162 Å². The summed E-state index contributed by atoms with van der Waals surface area (Å²) < 4.78 is 10.3. The molecule has 144 valence electrons. The topological polar surface area (TPSA) is 98.3 Å². The van der Waals surface area contributed by atoms with Crippen LogP contribution in [0.15, 0.2) is 48.7 Å². The summed E-state index contributed by atoms with van der Waals surface area (Å²) in [5, 5.41) is 14.2. The molecular weight excluding hydrogens is 358 g/mol. The first-order valence-electron chi connectivity index (χ1n) is 8.74. The third-order valence-electron chi connectivity index (χ3n) is 3.83. The van der Waals surface area contributed by atoms with Crippen LogP contribution in [0, 0.1) is 6.92 Å². The first-order valence-corrected chi connectivity index (χ1v) is 8.74. The van der Waals surface area contributed by atoms with Crippen molar-refractivity contribution in [3.8, 4) is 5.75 Å². The molecule has 0 saturated heterocycles. The van der Waals surface area contributed by atoms with Gasteiger partial charge in [0.25, 0.3) is 0 Å². The molecule has 2 N–H and O–H groups in total. The second kappa shape index (κ2) is 8.81. The number of anilines is 4. The van der Waals surface area contributed by atoms with Crippen LogP contribution < -0.4 is 15.4 Å². The summed E-state index contributed by atoms with van der Waals surface area (Å²) in [6.07, 6.45) is 1.52. The molecule has 0 spiro atoms. The van der Waals surface area contributed by atoms with Crippen LogP contribution in [0.4, 0.5) is 23.1 Å². The molecule has 0 aliphatic carbocycles.